The molecule has 0 aromatic heterocycles. The molecule has 2 heterocycles. The van der Waals surface area contributed by atoms with Gasteiger partial charge in [0.1, 0.15) is 23.1 Å². The molecule has 1 atom stereocenters. The van der Waals surface area contributed by atoms with Crippen molar-refractivity contribution in [3.63, 3.8) is 0 Å². The quantitative estimate of drug-likeness (QED) is 0.381. The molecule has 2 aliphatic rings. The Bertz CT molecular complexity index is 1200. The number of hydrogen-bond acceptors (Lipinski definition) is 5. The first-order chi connectivity index (χ1) is 19.2. The SMILES string of the molecule is CCCCN1C(=O)[C@H](CC(C)C)NC(=O)C12CCN(Cc1ccc(Oc3ccc(/C=C/C(=O)O)cc3)cc1)CC2. The monoisotopic (exact) mass is 547 g/mol. The van der Waals surface area contributed by atoms with Gasteiger partial charge in [0.15, 0.2) is 0 Å². The van der Waals surface area contributed by atoms with E-state index >= 15 is 0 Å². The second-order valence-electron chi connectivity index (χ2n) is 11.3. The Morgan fingerprint density at radius 2 is 1.70 bits per heavy atom. The van der Waals surface area contributed by atoms with Crippen LogP contribution in [0.2, 0.25) is 0 Å². The number of nitrogens with one attached hydrogen (secondary N) is 1. The maximum Gasteiger partial charge on any atom is 0.328 e. The van der Waals surface area contributed by atoms with E-state index in [0.29, 0.717) is 37.5 Å². The molecule has 2 saturated heterocycles. The summed E-state index contributed by atoms with van der Waals surface area (Å²) in [5.41, 5.74) is 1.20. The van der Waals surface area contributed by atoms with Crippen LogP contribution in [0.4, 0.5) is 0 Å². The van der Waals surface area contributed by atoms with Crippen LogP contribution < -0.4 is 10.1 Å². The topological polar surface area (TPSA) is 99.2 Å². The van der Waals surface area contributed by atoms with E-state index in [1.165, 1.54) is 6.08 Å². The van der Waals surface area contributed by atoms with Crippen LogP contribution in [0, 0.1) is 5.92 Å². The van der Waals surface area contributed by atoms with E-state index < -0.39 is 17.6 Å². The van der Waals surface area contributed by atoms with Crippen molar-refractivity contribution in [2.45, 2.75) is 71.0 Å². The van der Waals surface area contributed by atoms with Crippen molar-refractivity contribution >= 4 is 23.9 Å². The van der Waals surface area contributed by atoms with Gasteiger partial charge in [-0.05, 0) is 73.1 Å². The highest BCUT2D eigenvalue weighted by atomic mass is 16.5. The van der Waals surface area contributed by atoms with E-state index in [0.717, 1.165) is 55.4 Å². The van der Waals surface area contributed by atoms with E-state index in [1.807, 2.05) is 29.2 Å². The summed E-state index contributed by atoms with van der Waals surface area (Å²) in [6.45, 7) is 9.18. The number of piperidine rings is 1. The Morgan fingerprint density at radius 3 is 2.27 bits per heavy atom. The minimum Gasteiger partial charge on any atom is -0.478 e. The van der Waals surface area contributed by atoms with Gasteiger partial charge in [0.25, 0.3) is 0 Å². The van der Waals surface area contributed by atoms with Gasteiger partial charge in [-0.1, -0.05) is 51.5 Å². The minimum atomic E-state index is -0.983. The molecule has 2 aromatic rings. The molecule has 0 radical (unpaired) electrons. The van der Waals surface area contributed by atoms with Crippen molar-refractivity contribution in [3.05, 3.63) is 65.7 Å². The number of amides is 2. The first-order valence-corrected chi connectivity index (χ1v) is 14.3. The fourth-order valence-corrected chi connectivity index (χ4v) is 5.60. The lowest BCUT2D eigenvalue weighted by molar-refractivity contribution is -0.161. The zero-order valence-corrected chi connectivity index (χ0v) is 23.8. The van der Waals surface area contributed by atoms with Crippen LogP contribution in [0.3, 0.4) is 0 Å². The van der Waals surface area contributed by atoms with Crippen molar-refractivity contribution < 1.29 is 24.2 Å². The highest BCUT2D eigenvalue weighted by Gasteiger charge is 2.53. The highest BCUT2D eigenvalue weighted by molar-refractivity contribution is 6.00. The summed E-state index contributed by atoms with van der Waals surface area (Å²) in [6, 6.07) is 14.8. The molecule has 2 aliphatic heterocycles. The number of aliphatic carboxylic acids is 1. The van der Waals surface area contributed by atoms with Gasteiger partial charge >= 0.3 is 5.97 Å². The van der Waals surface area contributed by atoms with Crippen LogP contribution in [0.25, 0.3) is 6.08 Å². The van der Waals surface area contributed by atoms with Gasteiger partial charge in [-0.15, -0.1) is 0 Å². The number of carbonyl (C=O) groups excluding carboxylic acids is 2. The third-order valence-electron chi connectivity index (χ3n) is 7.80. The average Bonchev–Trinajstić information content (AvgIpc) is 2.93. The molecule has 8 nitrogen and oxygen atoms in total. The molecule has 0 unspecified atom stereocenters. The zero-order valence-electron chi connectivity index (χ0n) is 23.8. The number of carboxylic acid groups (broad SMARTS) is 1. The smallest absolute Gasteiger partial charge is 0.328 e. The maximum atomic E-state index is 13.5. The molecule has 0 bridgehead atoms. The summed E-state index contributed by atoms with van der Waals surface area (Å²) >= 11 is 0. The van der Waals surface area contributed by atoms with E-state index in [4.69, 9.17) is 9.84 Å². The molecule has 1 spiro atoms. The Morgan fingerprint density at radius 1 is 1.07 bits per heavy atom. The van der Waals surface area contributed by atoms with Gasteiger partial charge in [0.2, 0.25) is 11.8 Å². The number of likely N-dealkylation sites (tertiary alicyclic amines) is 1. The molecule has 2 fully saturated rings. The number of rotatable bonds is 11. The molecule has 2 N–H and O–H groups in total. The van der Waals surface area contributed by atoms with Crippen molar-refractivity contribution in [1.29, 1.82) is 0 Å². The average molecular weight is 548 g/mol. The van der Waals surface area contributed by atoms with Gasteiger partial charge in [0, 0.05) is 32.3 Å². The molecular weight excluding hydrogens is 506 g/mol. The van der Waals surface area contributed by atoms with Crippen molar-refractivity contribution in [2.24, 2.45) is 5.92 Å². The number of ether oxygens (including phenoxy) is 1. The lowest BCUT2D eigenvalue weighted by Crippen LogP contribution is -2.73. The lowest BCUT2D eigenvalue weighted by Gasteiger charge is -2.52. The van der Waals surface area contributed by atoms with E-state index in [2.05, 4.69) is 31.0 Å². The van der Waals surface area contributed by atoms with Crippen molar-refractivity contribution in [1.82, 2.24) is 15.1 Å². The summed E-state index contributed by atoms with van der Waals surface area (Å²) in [7, 11) is 0. The van der Waals surface area contributed by atoms with Crippen LogP contribution in [0.5, 0.6) is 11.5 Å². The third kappa shape index (κ3) is 7.10. The number of piperazine rings is 1. The van der Waals surface area contributed by atoms with E-state index in [-0.39, 0.29) is 11.8 Å². The molecule has 0 aliphatic carbocycles. The molecule has 0 saturated carbocycles. The van der Waals surface area contributed by atoms with E-state index in [1.54, 1.807) is 24.3 Å². The standard InChI is InChI=1S/C32H41N3O5/c1-4-5-18-35-30(38)28(21-23(2)3)33-31(39)32(35)16-19-34(20-17-32)22-25-8-13-27(14-9-25)40-26-11-6-24(7-12-26)10-15-29(36)37/h6-15,23,28H,4-5,16-22H2,1-3H3,(H,33,39)(H,36,37)/b15-10+/t28-/m0/s1. The minimum absolute atomic E-state index is 0.0148. The molecular formula is C32H41N3O5. The van der Waals surface area contributed by atoms with Gasteiger partial charge in [-0.25, -0.2) is 4.79 Å². The second-order valence-corrected chi connectivity index (χ2v) is 11.3. The zero-order chi connectivity index (χ0) is 28.7. The number of benzene rings is 2. The molecule has 8 heteroatoms. The highest BCUT2D eigenvalue weighted by Crippen LogP contribution is 2.35. The Kier molecular flexibility index (Phi) is 9.63. The summed E-state index contributed by atoms with van der Waals surface area (Å²) in [5.74, 6) is 0.838. The first-order valence-electron chi connectivity index (χ1n) is 14.3. The first kappa shape index (κ1) is 29.3. The van der Waals surface area contributed by atoms with Gasteiger partial charge in [-0.2, -0.15) is 0 Å². The Labute approximate surface area is 237 Å². The fourth-order valence-electron chi connectivity index (χ4n) is 5.60. The molecule has 2 amide bonds. The largest absolute Gasteiger partial charge is 0.478 e. The Hall–Kier alpha value is -3.65. The molecule has 40 heavy (non-hydrogen) atoms. The van der Waals surface area contributed by atoms with Gasteiger partial charge in [-0.3, -0.25) is 14.5 Å². The number of hydrogen-bond donors (Lipinski definition) is 2. The summed E-state index contributed by atoms with van der Waals surface area (Å²) < 4.78 is 5.94. The van der Waals surface area contributed by atoms with Crippen LogP contribution in [0.15, 0.2) is 54.6 Å². The fraction of sp³-hybridized carbons (Fsp3) is 0.469. The van der Waals surface area contributed by atoms with Crippen LogP contribution in [-0.2, 0) is 20.9 Å². The normalized spacial score (nSPS) is 19.4. The summed E-state index contributed by atoms with van der Waals surface area (Å²) in [5, 5.41) is 11.8. The molecule has 4 rings (SSSR count). The molecule has 214 valence electrons. The van der Waals surface area contributed by atoms with E-state index in [9.17, 15) is 14.4 Å². The second kappa shape index (κ2) is 13.1. The number of carbonyl (C=O) groups is 3. The van der Waals surface area contributed by atoms with Crippen molar-refractivity contribution in [2.75, 3.05) is 19.6 Å². The van der Waals surface area contributed by atoms with Crippen LogP contribution in [0.1, 0.15) is 64.0 Å². The third-order valence-corrected chi connectivity index (χ3v) is 7.80. The molecule has 2 aromatic carbocycles. The van der Waals surface area contributed by atoms with Crippen molar-refractivity contribution in [3.8, 4) is 11.5 Å². The van der Waals surface area contributed by atoms with Crippen LogP contribution in [-0.4, -0.2) is 63.9 Å². The maximum absolute atomic E-state index is 13.5. The summed E-state index contributed by atoms with van der Waals surface area (Å²) in [6.07, 6.45) is 6.48. The number of unbranched alkanes of at least 4 members (excludes halogenated alkanes) is 1. The van der Waals surface area contributed by atoms with Gasteiger partial charge in [0.05, 0.1) is 0 Å². The lowest BCUT2D eigenvalue weighted by atomic mass is 9.80. The van der Waals surface area contributed by atoms with Gasteiger partial charge < -0.3 is 20.1 Å². The predicted molar refractivity (Wildman–Crippen MR) is 155 cm³/mol. The number of nitrogens with zero attached hydrogens (tertiary/aromatic N) is 2. The number of carboxylic acids is 1. The predicted octanol–water partition coefficient (Wildman–Crippen LogP) is 5.08. The summed E-state index contributed by atoms with van der Waals surface area (Å²) in [4.78, 5) is 41.8. The Balaban J connectivity index is 1.34. The van der Waals surface area contributed by atoms with Crippen LogP contribution >= 0.6 is 0 Å².